The van der Waals surface area contributed by atoms with Crippen molar-refractivity contribution in [2.24, 2.45) is 0 Å². The van der Waals surface area contributed by atoms with E-state index in [1.165, 1.54) is 0 Å². The third kappa shape index (κ3) is 4.05. The van der Waals surface area contributed by atoms with Crippen LogP contribution in [0.1, 0.15) is 13.8 Å². The molecule has 0 aromatic carbocycles. The highest BCUT2D eigenvalue weighted by Gasteiger charge is 2.17. The molecule has 5 heteroatoms. The number of nitrogens with one attached hydrogen (secondary N) is 1. The summed E-state index contributed by atoms with van der Waals surface area (Å²) in [7, 11) is 0. The molecule has 1 amide bonds. The minimum Gasteiger partial charge on any atom is -0.447 e. The zero-order chi connectivity index (χ0) is 11.1. The van der Waals surface area contributed by atoms with Gasteiger partial charge in [-0.05, 0) is 13.8 Å². The lowest BCUT2D eigenvalue weighted by molar-refractivity contribution is -0.0180. The quantitative estimate of drug-likeness (QED) is 0.741. The molecular formula is C10H20N2O3. The minimum atomic E-state index is -0.255. The number of nitrogens with zero attached hydrogens (tertiary/aromatic N) is 1. The Morgan fingerprint density at radius 1 is 1.53 bits per heavy atom. The minimum absolute atomic E-state index is 0.00161. The third-order valence-electron chi connectivity index (χ3n) is 2.42. The molecule has 1 saturated heterocycles. The highest BCUT2D eigenvalue weighted by Crippen LogP contribution is 1.99. The van der Waals surface area contributed by atoms with Gasteiger partial charge in [0.2, 0.25) is 0 Å². The number of carbonyl (C=O) groups excluding carboxylic acids is 1. The van der Waals surface area contributed by atoms with Crippen molar-refractivity contribution in [1.82, 2.24) is 10.2 Å². The molecule has 0 aromatic rings. The highest BCUT2D eigenvalue weighted by molar-refractivity contribution is 5.67. The second-order valence-electron chi connectivity index (χ2n) is 3.45. The predicted octanol–water partition coefficient (Wildman–Crippen LogP) is 0.453. The van der Waals surface area contributed by atoms with Crippen molar-refractivity contribution in [1.29, 1.82) is 0 Å². The first-order chi connectivity index (χ1) is 7.27. The van der Waals surface area contributed by atoms with Crippen molar-refractivity contribution < 1.29 is 14.3 Å². The fourth-order valence-corrected chi connectivity index (χ4v) is 1.46. The van der Waals surface area contributed by atoms with Gasteiger partial charge < -0.3 is 19.7 Å². The summed E-state index contributed by atoms with van der Waals surface area (Å²) in [6, 6.07) is 0. The lowest BCUT2D eigenvalue weighted by Gasteiger charge is -2.25. The summed E-state index contributed by atoms with van der Waals surface area (Å²) in [5.74, 6) is 0. The van der Waals surface area contributed by atoms with Gasteiger partial charge >= 0.3 is 6.09 Å². The number of carbonyl (C=O) groups is 1. The summed E-state index contributed by atoms with van der Waals surface area (Å²) in [6.07, 6.45) is -0.257. The van der Waals surface area contributed by atoms with Gasteiger partial charge in [0.25, 0.3) is 0 Å². The van der Waals surface area contributed by atoms with Gasteiger partial charge in [0, 0.05) is 26.2 Å². The molecule has 1 heterocycles. The summed E-state index contributed by atoms with van der Waals surface area (Å²) in [4.78, 5) is 13.1. The Bertz CT molecular complexity index is 189. The first kappa shape index (κ1) is 12.3. The molecule has 1 aliphatic rings. The van der Waals surface area contributed by atoms with Gasteiger partial charge in [0.15, 0.2) is 0 Å². The topological polar surface area (TPSA) is 50.8 Å². The maximum Gasteiger partial charge on any atom is 0.409 e. The number of hydrogen-bond donors (Lipinski definition) is 1. The fraction of sp³-hybridized carbons (Fsp3) is 0.900. The monoisotopic (exact) mass is 216 g/mol. The van der Waals surface area contributed by atoms with Crippen LogP contribution in [0.4, 0.5) is 4.79 Å². The van der Waals surface area contributed by atoms with Gasteiger partial charge in [-0.1, -0.05) is 0 Å². The smallest absolute Gasteiger partial charge is 0.409 e. The van der Waals surface area contributed by atoms with Crippen LogP contribution in [0.2, 0.25) is 0 Å². The van der Waals surface area contributed by atoms with Crippen LogP contribution in [-0.4, -0.2) is 56.5 Å². The van der Waals surface area contributed by atoms with E-state index < -0.39 is 0 Å². The molecule has 0 bridgehead atoms. The van der Waals surface area contributed by atoms with Crippen LogP contribution in [0.25, 0.3) is 0 Å². The van der Waals surface area contributed by atoms with Gasteiger partial charge in [-0.15, -0.1) is 0 Å². The number of amides is 1. The summed E-state index contributed by atoms with van der Waals surface area (Å²) in [5, 5.41) is 3.19. The first-order valence-electron chi connectivity index (χ1n) is 5.52. The Morgan fingerprint density at radius 3 is 2.80 bits per heavy atom. The molecule has 1 unspecified atom stereocenters. The number of ether oxygens (including phenoxy) is 2. The molecule has 0 aromatic heterocycles. The molecule has 0 aliphatic carbocycles. The van der Waals surface area contributed by atoms with E-state index in [1.807, 2.05) is 13.8 Å². The molecular weight excluding hydrogens is 196 g/mol. The second-order valence-corrected chi connectivity index (χ2v) is 3.45. The van der Waals surface area contributed by atoms with Crippen molar-refractivity contribution in [3.63, 3.8) is 0 Å². The predicted molar refractivity (Wildman–Crippen MR) is 56.9 cm³/mol. The first-order valence-corrected chi connectivity index (χ1v) is 5.52. The average Bonchev–Trinajstić information content (AvgIpc) is 2.29. The second kappa shape index (κ2) is 6.63. The van der Waals surface area contributed by atoms with Crippen LogP contribution >= 0.6 is 0 Å². The van der Waals surface area contributed by atoms with Crippen molar-refractivity contribution in [2.75, 3.05) is 39.4 Å². The molecule has 1 aliphatic heterocycles. The van der Waals surface area contributed by atoms with Crippen LogP contribution in [-0.2, 0) is 9.47 Å². The highest BCUT2D eigenvalue weighted by atomic mass is 16.6. The normalized spacial score (nSPS) is 21.1. The standard InChI is InChI=1S/C10H20N2O3/c1-3-12(4-2)10(13)15-8-9-7-11-5-6-14-9/h9,11H,3-8H2,1-2H3. The van der Waals surface area contributed by atoms with Crippen LogP contribution in [0, 0.1) is 0 Å². The summed E-state index contributed by atoms with van der Waals surface area (Å²) >= 11 is 0. The molecule has 5 nitrogen and oxygen atoms in total. The van der Waals surface area contributed by atoms with Crippen LogP contribution in [0.5, 0.6) is 0 Å². The van der Waals surface area contributed by atoms with Gasteiger partial charge in [0.1, 0.15) is 12.7 Å². The molecule has 1 atom stereocenters. The van der Waals surface area contributed by atoms with E-state index in [2.05, 4.69) is 5.32 Å². The Kier molecular flexibility index (Phi) is 5.42. The molecule has 1 fully saturated rings. The summed E-state index contributed by atoms with van der Waals surface area (Å²) < 4.78 is 10.6. The van der Waals surface area contributed by atoms with Crippen LogP contribution in [0.3, 0.4) is 0 Å². The number of morpholine rings is 1. The Labute approximate surface area is 90.7 Å². The zero-order valence-corrected chi connectivity index (χ0v) is 9.49. The van der Waals surface area contributed by atoms with Gasteiger partial charge in [0.05, 0.1) is 6.61 Å². The average molecular weight is 216 g/mol. The fourth-order valence-electron chi connectivity index (χ4n) is 1.46. The molecule has 0 spiro atoms. The van der Waals surface area contributed by atoms with E-state index in [-0.39, 0.29) is 12.2 Å². The van der Waals surface area contributed by atoms with Crippen LogP contribution < -0.4 is 5.32 Å². The molecule has 88 valence electrons. The number of hydrogen-bond acceptors (Lipinski definition) is 4. The van der Waals surface area contributed by atoms with E-state index in [4.69, 9.17) is 9.47 Å². The molecule has 0 saturated carbocycles. The summed E-state index contributed by atoms with van der Waals surface area (Å²) in [5.41, 5.74) is 0. The van der Waals surface area contributed by atoms with E-state index in [1.54, 1.807) is 4.90 Å². The third-order valence-corrected chi connectivity index (χ3v) is 2.42. The molecule has 1 rings (SSSR count). The van der Waals surface area contributed by atoms with Gasteiger partial charge in [-0.25, -0.2) is 4.79 Å². The van der Waals surface area contributed by atoms with Crippen LogP contribution in [0.15, 0.2) is 0 Å². The Hall–Kier alpha value is -0.810. The molecule has 15 heavy (non-hydrogen) atoms. The van der Waals surface area contributed by atoms with E-state index in [0.717, 1.165) is 13.1 Å². The molecule has 0 radical (unpaired) electrons. The molecule has 1 N–H and O–H groups in total. The van der Waals surface area contributed by atoms with Crippen molar-refractivity contribution in [3.8, 4) is 0 Å². The Morgan fingerprint density at radius 2 is 2.27 bits per heavy atom. The number of rotatable bonds is 4. The van der Waals surface area contributed by atoms with E-state index >= 15 is 0 Å². The van der Waals surface area contributed by atoms with Crippen molar-refractivity contribution >= 4 is 6.09 Å². The van der Waals surface area contributed by atoms with E-state index in [0.29, 0.717) is 26.3 Å². The van der Waals surface area contributed by atoms with Crippen molar-refractivity contribution in [3.05, 3.63) is 0 Å². The van der Waals surface area contributed by atoms with Gasteiger partial charge in [-0.2, -0.15) is 0 Å². The maximum absolute atomic E-state index is 11.5. The lowest BCUT2D eigenvalue weighted by atomic mass is 10.3. The Balaban J connectivity index is 2.20. The zero-order valence-electron chi connectivity index (χ0n) is 9.49. The summed E-state index contributed by atoms with van der Waals surface area (Å²) in [6.45, 7) is 7.88. The van der Waals surface area contributed by atoms with E-state index in [9.17, 15) is 4.79 Å². The van der Waals surface area contributed by atoms with Gasteiger partial charge in [-0.3, -0.25) is 0 Å². The SMILES string of the molecule is CCN(CC)C(=O)OCC1CNCCO1. The van der Waals surface area contributed by atoms with Crippen molar-refractivity contribution in [2.45, 2.75) is 20.0 Å². The maximum atomic E-state index is 11.5. The largest absolute Gasteiger partial charge is 0.447 e. The lowest BCUT2D eigenvalue weighted by Crippen LogP contribution is -2.42.